The monoisotopic (exact) mass is 283 g/mol. The number of carbonyl (C=O) groups excluding carboxylic acids is 1. The number of nitrogen functional groups attached to an aromatic ring is 1. The van der Waals surface area contributed by atoms with E-state index >= 15 is 0 Å². The maximum absolute atomic E-state index is 12.0. The lowest BCUT2D eigenvalue weighted by Crippen LogP contribution is -2.40. The van der Waals surface area contributed by atoms with Crippen LogP contribution in [-0.2, 0) is 17.7 Å². The molecule has 0 aromatic carbocycles. The van der Waals surface area contributed by atoms with Crippen LogP contribution in [0.5, 0.6) is 0 Å². The number of ether oxygens (including phenoxy) is 1. The lowest BCUT2D eigenvalue weighted by molar-refractivity contribution is 0.0221. The van der Waals surface area contributed by atoms with Crippen LogP contribution in [0.3, 0.4) is 0 Å². The molecule has 0 spiro atoms. The summed E-state index contributed by atoms with van der Waals surface area (Å²) in [5, 5.41) is 0.282. The Bertz CT molecular complexity index is 511. The summed E-state index contributed by atoms with van der Waals surface area (Å²) in [6, 6.07) is 1.83. The number of rotatable bonds is 0. The SMILES string of the molecule is CC(C)(C)OC(=O)N1CCc2cc(N)c(Cl)nc2C1. The van der Waals surface area contributed by atoms with Crippen LogP contribution in [0.4, 0.5) is 10.5 Å². The third-order valence-electron chi connectivity index (χ3n) is 2.82. The number of nitrogens with two attached hydrogens (primary N) is 1. The normalized spacial score (nSPS) is 15.1. The van der Waals surface area contributed by atoms with Crippen LogP contribution in [0.1, 0.15) is 32.0 Å². The van der Waals surface area contributed by atoms with Gasteiger partial charge in [-0.15, -0.1) is 0 Å². The Hall–Kier alpha value is -1.49. The Morgan fingerprint density at radius 2 is 2.21 bits per heavy atom. The lowest BCUT2D eigenvalue weighted by atomic mass is 10.1. The number of anilines is 1. The summed E-state index contributed by atoms with van der Waals surface area (Å²) in [6.07, 6.45) is 0.385. The maximum atomic E-state index is 12.0. The van der Waals surface area contributed by atoms with Crippen molar-refractivity contribution in [1.29, 1.82) is 0 Å². The lowest BCUT2D eigenvalue weighted by Gasteiger charge is -2.30. The predicted octanol–water partition coefficient (Wildman–Crippen LogP) is 2.61. The van der Waals surface area contributed by atoms with E-state index in [-0.39, 0.29) is 11.2 Å². The van der Waals surface area contributed by atoms with Crippen molar-refractivity contribution in [2.24, 2.45) is 0 Å². The molecule has 0 bridgehead atoms. The van der Waals surface area contributed by atoms with Gasteiger partial charge in [0.25, 0.3) is 0 Å². The van der Waals surface area contributed by atoms with Crippen LogP contribution in [0, 0.1) is 0 Å². The molecule has 6 heteroatoms. The second-order valence-corrected chi connectivity index (χ2v) is 5.98. The molecule has 0 atom stereocenters. The van der Waals surface area contributed by atoms with Crippen molar-refractivity contribution in [3.05, 3.63) is 22.5 Å². The zero-order chi connectivity index (χ0) is 14.2. The Morgan fingerprint density at radius 1 is 1.53 bits per heavy atom. The number of amides is 1. The minimum Gasteiger partial charge on any atom is -0.444 e. The van der Waals surface area contributed by atoms with E-state index in [0.717, 1.165) is 11.3 Å². The molecule has 0 saturated heterocycles. The number of carbonyl (C=O) groups is 1. The van der Waals surface area contributed by atoms with Crippen molar-refractivity contribution in [3.8, 4) is 0 Å². The van der Waals surface area contributed by atoms with E-state index in [4.69, 9.17) is 22.1 Å². The molecule has 5 nitrogen and oxygen atoms in total. The third-order valence-corrected chi connectivity index (χ3v) is 3.12. The summed E-state index contributed by atoms with van der Waals surface area (Å²) < 4.78 is 5.35. The van der Waals surface area contributed by atoms with Crippen LogP contribution >= 0.6 is 11.6 Å². The highest BCUT2D eigenvalue weighted by Gasteiger charge is 2.26. The molecule has 104 valence electrons. The summed E-state index contributed by atoms with van der Waals surface area (Å²) in [5.74, 6) is 0. The predicted molar refractivity (Wildman–Crippen MR) is 74.0 cm³/mol. The van der Waals surface area contributed by atoms with Gasteiger partial charge in [-0.1, -0.05) is 11.6 Å². The van der Waals surface area contributed by atoms with Crippen LogP contribution < -0.4 is 5.73 Å². The van der Waals surface area contributed by atoms with E-state index in [0.29, 0.717) is 25.2 Å². The number of hydrogen-bond donors (Lipinski definition) is 1. The molecule has 0 aliphatic carbocycles. The Balaban J connectivity index is 2.14. The Morgan fingerprint density at radius 3 is 2.84 bits per heavy atom. The first-order valence-electron chi connectivity index (χ1n) is 6.18. The zero-order valence-electron chi connectivity index (χ0n) is 11.4. The quantitative estimate of drug-likeness (QED) is 0.743. The van der Waals surface area contributed by atoms with Crippen LogP contribution in [0.2, 0.25) is 5.15 Å². The highest BCUT2D eigenvalue weighted by molar-refractivity contribution is 6.31. The highest BCUT2D eigenvalue weighted by Crippen LogP contribution is 2.25. The van der Waals surface area contributed by atoms with Crippen molar-refractivity contribution in [3.63, 3.8) is 0 Å². The molecule has 1 aliphatic heterocycles. The van der Waals surface area contributed by atoms with Crippen molar-refractivity contribution < 1.29 is 9.53 Å². The molecule has 19 heavy (non-hydrogen) atoms. The van der Waals surface area contributed by atoms with Crippen LogP contribution in [-0.4, -0.2) is 28.1 Å². The summed E-state index contributed by atoms with van der Waals surface area (Å²) >= 11 is 5.91. The van der Waals surface area contributed by atoms with Crippen molar-refractivity contribution >= 4 is 23.4 Å². The van der Waals surface area contributed by atoms with E-state index in [1.807, 2.05) is 26.8 Å². The molecule has 2 rings (SSSR count). The standard InChI is InChI=1S/C13H18ClN3O2/c1-13(2,3)19-12(18)17-5-4-8-6-9(15)11(14)16-10(8)7-17/h6H,4-5,7,15H2,1-3H3. The molecule has 1 aliphatic rings. The van der Waals surface area contributed by atoms with Gasteiger partial charge in [0.1, 0.15) is 5.60 Å². The fraction of sp³-hybridized carbons (Fsp3) is 0.538. The van der Waals surface area contributed by atoms with Gasteiger partial charge in [0.05, 0.1) is 17.9 Å². The molecular formula is C13H18ClN3O2. The van der Waals surface area contributed by atoms with Gasteiger partial charge in [0.2, 0.25) is 0 Å². The van der Waals surface area contributed by atoms with E-state index in [9.17, 15) is 4.79 Å². The van der Waals surface area contributed by atoms with Gasteiger partial charge < -0.3 is 15.4 Å². The number of aromatic nitrogens is 1. The molecule has 0 fully saturated rings. The Kier molecular flexibility index (Phi) is 3.58. The fourth-order valence-corrected chi connectivity index (χ4v) is 2.09. The molecule has 0 unspecified atom stereocenters. The average Bonchev–Trinajstić information content (AvgIpc) is 2.27. The first-order chi connectivity index (χ1) is 8.76. The van der Waals surface area contributed by atoms with Crippen LogP contribution in [0.15, 0.2) is 6.07 Å². The number of halogens is 1. The maximum Gasteiger partial charge on any atom is 0.410 e. The average molecular weight is 284 g/mol. The molecular weight excluding hydrogens is 266 g/mol. The van der Waals surface area contributed by atoms with Gasteiger partial charge in [-0.05, 0) is 38.8 Å². The molecule has 1 amide bonds. The highest BCUT2D eigenvalue weighted by atomic mass is 35.5. The summed E-state index contributed by atoms with van der Waals surface area (Å²) in [5.41, 5.74) is 7.53. The minimum atomic E-state index is -0.496. The first kappa shape index (κ1) is 13.9. The van der Waals surface area contributed by atoms with Gasteiger partial charge >= 0.3 is 6.09 Å². The third kappa shape index (κ3) is 3.29. The second kappa shape index (κ2) is 4.89. The molecule has 0 saturated carbocycles. The number of hydrogen-bond acceptors (Lipinski definition) is 4. The molecule has 2 N–H and O–H groups in total. The topological polar surface area (TPSA) is 68.5 Å². The smallest absolute Gasteiger partial charge is 0.410 e. The van der Waals surface area contributed by atoms with E-state index in [1.54, 1.807) is 4.90 Å². The van der Waals surface area contributed by atoms with E-state index in [1.165, 1.54) is 0 Å². The van der Waals surface area contributed by atoms with Crippen molar-refractivity contribution in [2.75, 3.05) is 12.3 Å². The number of pyridine rings is 1. The largest absolute Gasteiger partial charge is 0.444 e. The van der Waals surface area contributed by atoms with Crippen molar-refractivity contribution in [2.45, 2.75) is 39.3 Å². The first-order valence-corrected chi connectivity index (χ1v) is 6.56. The summed E-state index contributed by atoms with van der Waals surface area (Å²) in [7, 11) is 0. The Labute approximate surface area is 117 Å². The summed E-state index contributed by atoms with van der Waals surface area (Å²) in [4.78, 5) is 17.9. The van der Waals surface area contributed by atoms with Gasteiger partial charge in [-0.25, -0.2) is 9.78 Å². The van der Waals surface area contributed by atoms with Gasteiger partial charge in [-0.2, -0.15) is 0 Å². The number of nitrogens with zero attached hydrogens (tertiary/aromatic N) is 2. The molecule has 0 radical (unpaired) electrons. The van der Waals surface area contributed by atoms with Crippen molar-refractivity contribution in [1.82, 2.24) is 9.88 Å². The molecule has 1 aromatic rings. The van der Waals surface area contributed by atoms with Gasteiger partial charge in [0, 0.05) is 6.54 Å². The van der Waals surface area contributed by atoms with E-state index < -0.39 is 5.60 Å². The van der Waals surface area contributed by atoms with Crippen LogP contribution in [0.25, 0.3) is 0 Å². The zero-order valence-corrected chi connectivity index (χ0v) is 12.1. The summed E-state index contributed by atoms with van der Waals surface area (Å²) in [6.45, 7) is 6.55. The van der Waals surface area contributed by atoms with Gasteiger partial charge in [-0.3, -0.25) is 0 Å². The van der Waals surface area contributed by atoms with Gasteiger partial charge in [0.15, 0.2) is 5.15 Å². The second-order valence-electron chi connectivity index (χ2n) is 5.63. The molecule has 2 heterocycles. The minimum absolute atomic E-state index is 0.282. The van der Waals surface area contributed by atoms with E-state index in [2.05, 4.69) is 4.98 Å². The molecule has 1 aromatic heterocycles. The fourth-order valence-electron chi connectivity index (χ4n) is 1.94. The number of fused-ring (bicyclic) bond motifs is 1.